The number of amides is 1. The van der Waals surface area contributed by atoms with Crippen molar-refractivity contribution >= 4 is 11.6 Å². The van der Waals surface area contributed by atoms with E-state index in [1.165, 1.54) is 13.0 Å². The van der Waals surface area contributed by atoms with Crippen LogP contribution in [-0.2, 0) is 0 Å². The van der Waals surface area contributed by atoms with Gasteiger partial charge >= 0.3 is 0 Å². The van der Waals surface area contributed by atoms with Gasteiger partial charge in [0, 0.05) is 5.69 Å². The van der Waals surface area contributed by atoms with Gasteiger partial charge in [0.1, 0.15) is 17.2 Å². The van der Waals surface area contributed by atoms with Crippen LogP contribution in [0, 0.1) is 18.6 Å². The Morgan fingerprint density at radius 3 is 2.52 bits per heavy atom. The van der Waals surface area contributed by atoms with E-state index in [0.717, 1.165) is 6.07 Å². The average Bonchev–Trinajstić information content (AvgIpc) is 2.43. The summed E-state index contributed by atoms with van der Waals surface area (Å²) >= 11 is 0. The number of nitrogens with one attached hydrogen (secondary N) is 1. The van der Waals surface area contributed by atoms with Crippen LogP contribution in [0.4, 0.5) is 14.5 Å². The van der Waals surface area contributed by atoms with Crippen LogP contribution in [0.1, 0.15) is 34.5 Å². The Hall–Kier alpha value is -2.43. The summed E-state index contributed by atoms with van der Waals surface area (Å²) in [5.41, 5.74) is 6.67. The Kier molecular flexibility index (Phi) is 4.21. The van der Waals surface area contributed by atoms with Crippen LogP contribution >= 0.6 is 0 Å². The number of hydrogen-bond donors (Lipinski definition) is 2. The molecule has 3 N–H and O–H groups in total. The lowest BCUT2D eigenvalue weighted by Crippen LogP contribution is -2.29. The number of halogens is 2. The van der Waals surface area contributed by atoms with E-state index in [2.05, 4.69) is 5.32 Å². The third kappa shape index (κ3) is 3.02. The van der Waals surface area contributed by atoms with Gasteiger partial charge in [-0.3, -0.25) is 4.79 Å². The van der Waals surface area contributed by atoms with E-state index in [9.17, 15) is 13.6 Å². The van der Waals surface area contributed by atoms with Crippen molar-refractivity contribution in [3.05, 3.63) is 64.7 Å². The second kappa shape index (κ2) is 5.91. The fourth-order valence-electron chi connectivity index (χ4n) is 2.12. The lowest BCUT2D eigenvalue weighted by molar-refractivity contribution is 0.0931. The highest BCUT2D eigenvalue weighted by molar-refractivity contribution is 5.95. The first kappa shape index (κ1) is 15.0. The maximum Gasteiger partial charge on any atom is 0.257 e. The Labute approximate surface area is 121 Å². The number of nitrogens with two attached hydrogens (primary N) is 1. The highest BCUT2D eigenvalue weighted by Gasteiger charge is 2.21. The maximum absolute atomic E-state index is 13.9. The summed E-state index contributed by atoms with van der Waals surface area (Å²) in [5.74, 6) is -2.53. The van der Waals surface area contributed by atoms with Gasteiger partial charge in [-0.25, -0.2) is 8.78 Å². The lowest BCUT2D eigenvalue weighted by Gasteiger charge is -2.17. The third-order valence-electron chi connectivity index (χ3n) is 3.32. The van der Waals surface area contributed by atoms with Gasteiger partial charge in [0.15, 0.2) is 0 Å². The number of anilines is 1. The molecule has 0 spiro atoms. The first-order valence-corrected chi connectivity index (χ1v) is 6.51. The van der Waals surface area contributed by atoms with E-state index in [-0.39, 0.29) is 5.56 Å². The fourth-order valence-corrected chi connectivity index (χ4v) is 2.12. The molecule has 1 atom stereocenters. The second-order valence-electron chi connectivity index (χ2n) is 4.88. The van der Waals surface area contributed by atoms with E-state index >= 15 is 0 Å². The lowest BCUT2D eigenvalue weighted by atomic mass is 10.0. The first-order valence-electron chi connectivity index (χ1n) is 6.51. The van der Waals surface area contributed by atoms with Gasteiger partial charge in [-0.15, -0.1) is 0 Å². The van der Waals surface area contributed by atoms with Crippen LogP contribution < -0.4 is 11.1 Å². The van der Waals surface area contributed by atoms with Gasteiger partial charge in [0.2, 0.25) is 0 Å². The summed E-state index contributed by atoms with van der Waals surface area (Å²) in [6, 6.07) is 8.91. The van der Waals surface area contributed by atoms with Crippen molar-refractivity contribution in [2.45, 2.75) is 19.9 Å². The molecular formula is C16H16F2N2O. The second-order valence-corrected chi connectivity index (χ2v) is 4.88. The Bertz CT molecular complexity index is 686. The minimum atomic E-state index is -0.885. The molecule has 0 heterocycles. The van der Waals surface area contributed by atoms with Gasteiger partial charge < -0.3 is 11.1 Å². The van der Waals surface area contributed by atoms with E-state index < -0.39 is 29.1 Å². The molecule has 2 rings (SSSR count). The Morgan fingerprint density at radius 2 is 1.86 bits per heavy atom. The number of rotatable bonds is 3. The van der Waals surface area contributed by atoms with E-state index in [4.69, 9.17) is 5.73 Å². The average molecular weight is 290 g/mol. The van der Waals surface area contributed by atoms with Gasteiger partial charge in [-0.05, 0) is 37.1 Å². The molecule has 5 heteroatoms. The number of para-hydroxylation sites is 1. The fraction of sp³-hybridized carbons (Fsp3) is 0.188. The summed E-state index contributed by atoms with van der Waals surface area (Å²) in [5, 5.41) is 2.56. The summed E-state index contributed by atoms with van der Waals surface area (Å²) in [4.78, 5) is 12.1. The molecule has 0 radical (unpaired) electrons. The van der Waals surface area contributed by atoms with Crippen LogP contribution in [0.15, 0.2) is 36.4 Å². The van der Waals surface area contributed by atoms with Crippen LogP contribution in [0.5, 0.6) is 0 Å². The molecule has 0 aliphatic rings. The van der Waals surface area contributed by atoms with Crippen molar-refractivity contribution in [1.82, 2.24) is 5.32 Å². The highest BCUT2D eigenvalue weighted by atomic mass is 19.1. The van der Waals surface area contributed by atoms with Crippen molar-refractivity contribution in [2.24, 2.45) is 0 Å². The maximum atomic E-state index is 13.9. The number of carbonyl (C=O) groups excluding carboxylic acids is 1. The SMILES string of the molecule is Cc1ccc(F)c(C(=O)NC(C)c2ccccc2N)c1F. The van der Waals surface area contributed by atoms with Gasteiger partial charge in [0.05, 0.1) is 6.04 Å². The molecule has 110 valence electrons. The molecule has 0 aliphatic heterocycles. The standard InChI is InChI=1S/C16H16F2N2O/c1-9-7-8-12(17)14(15(9)18)16(21)20-10(2)11-5-3-4-6-13(11)19/h3-8,10H,19H2,1-2H3,(H,20,21). The summed E-state index contributed by atoms with van der Waals surface area (Å²) in [6.45, 7) is 3.18. The highest BCUT2D eigenvalue weighted by Crippen LogP contribution is 2.21. The van der Waals surface area contributed by atoms with Crippen molar-refractivity contribution in [1.29, 1.82) is 0 Å². The summed E-state index contributed by atoms with van der Waals surface area (Å²) < 4.78 is 27.6. The molecule has 0 aliphatic carbocycles. The molecule has 0 fully saturated rings. The van der Waals surface area contributed by atoms with E-state index in [1.54, 1.807) is 31.2 Å². The minimum absolute atomic E-state index is 0.216. The molecule has 2 aromatic rings. The van der Waals surface area contributed by atoms with E-state index in [0.29, 0.717) is 11.3 Å². The number of carbonyl (C=O) groups is 1. The van der Waals surface area contributed by atoms with Crippen molar-refractivity contribution in [2.75, 3.05) is 5.73 Å². The number of benzene rings is 2. The zero-order valence-corrected chi connectivity index (χ0v) is 11.8. The quantitative estimate of drug-likeness (QED) is 0.852. The van der Waals surface area contributed by atoms with Crippen molar-refractivity contribution in [3.8, 4) is 0 Å². The largest absolute Gasteiger partial charge is 0.398 e. The van der Waals surface area contributed by atoms with Crippen LogP contribution in [0.2, 0.25) is 0 Å². The third-order valence-corrected chi connectivity index (χ3v) is 3.32. The van der Waals surface area contributed by atoms with Crippen molar-refractivity contribution < 1.29 is 13.6 Å². The predicted molar refractivity (Wildman–Crippen MR) is 77.8 cm³/mol. The Morgan fingerprint density at radius 1 is 1.19 bits per heavy atom. The molecule has 21 heavy (non-hydrogen) atoms. The van der Waals surface area contributed by atoms with Gasteiger partial charge in [-0.1, -0.05) is 24.3 Å². The number of aryl methyl sites for hydroxylation is 1. The minimum Gasteiger partial charge on any atom is -0.398 e. The summed E-state index contributed by atoms with van der Waals surface area (Å²) in [6.07, 6.45) is 0. The summed E-state index contributed by atoms with van der Waals surface area (Å²) in [7, 11) is 0. The number of hydrogen-bond acceptors (Lipinski definition) is 2. The van der Waals surface area contributed by atoms with Crippen LogP contribution in [0.3, 0.4) is 0 Å². The predicted octanol–water partition coefficient (Wildman–Crippen LogP) is 3.35. The molecule has 0 aromatic heterocycles. The molecule has 0 saturated heterocycles. The molecule has 0 bridgehead atoms. The smallest absolute Gasteiger partial charge is 0.257 e. The van der Waals surface area contributed by atoms with E-state index in [1.807, 2.05) is 0 Å². The zero-order chi connectivity index (χ0) is 15.6. The molecule has 1 amide bonds. The van der Waals surface area contributed by atoms with Crippen LogP contribution in [-0.4, -0.2) is 5.91 Å². The zero-order valence-electron chi connectivity index (χ0n) is 11.8. The molecule has 1 unspecified atom stereocenters. The number of nitrogen functional groups attached to an aromatic ring is 1. The molecule has 0 saturated carbocycles. The van der Waals surface area contributed by atoms with Crippen LogP contribution in [0.25, 0.3) is 0 Å². The van der Waals surface area contributed by atoms with Gasteiger partial charge in [-0.2, -0.15) is 0 Å². The first-order chi connectivity index (χ1) is 9.91. The van der Waals surface area contributed by atoms with Gasteiger partial charge in [0.25, 0.3) is 5.91 Å². The van der Waals surface area contributed by atoms with Crippen molar-refractivity contribution in [3.63, 3.8) is 0 Å². The normalized spacial score (nSPS) is 12.0. The Balaban J connectivity index is 2.27. The molecular weight excluding hydrogens is 274 g/mol. The topological polar surface area (TPSA) is 55.1 Å². The molecule has 2 aromatic carbocycles. The molecule has 3 nitrogen and oxygen atoms in total. The monoisotopic (exact) mass is 290 g/mol.